The molecule has 0 spiro atoms. The first kappa shape index (κ1) is 24.6. The molecule has 0 aromatic carbocycles. The van der Waals surface area contributed by atoms with Crippen LogP contribution in [0.15, 0.2) is 12.4 Å². The largest absolute Gasteiger partial charge is 0.490 e. The number of aliphatic carboxylic acids is 1. The number of carboxylic acids is 1. The van der Waals surface area contributed by atoms with Crippen LogP contribution in [0, 0.1) is 0 Å². The lowest BCUT2D eigenvalue weighted by Crippen LogP contribution is -2.46. The molecule has 3 rings (SSSR count). The molecule has 172 valence electrons. The third kappa shape index (κ3) is 7.53. The minimum atomic E-state index is -5.08. The number of aryl methyl sites for hydroxylation is 1. The van der Waals surface area contributed by atoms with Crippen molar-refractivity contribution in [2.24, 2.45) is 7.05 Å². The van der Waals surface area contributed by atoms with E-state index >= 15 is 0 Å². The maximum atomic E-state index is 10.6. The normalized spacial score (nSPS) is 23.2. The Kier molecular flexibility index (Phi) is 9.53. The van der Waals surface area contributed by atoms with Crippen molar-refractivity contribution in [2.45, 2.75) is 50.0 Å². The summed E-state index contributed by atoms with van der Waals surface area (Å²) in [6.07, 6.45) is 3.67. The van der Waals surface area contributed by atoms with Crippen LogP contribution in [0.4, 0.5) is 13.2 Å². The summed E-state index contributed by atoms with van der Waals surface area (Å²) in [5.74, 6) is -2.76. The molecule has 1 aromatic rings. The number of ether oxygens (including phenoxy) is 3. The predicted octanol–water partition coefficient (Wildman–Crippen LogP) is 1.88. The van der Waals surface area contributed by atoms with Gasteiger partial charge >= 0.3 is 12.1 Å². The summed E-state index contributed by atoms with van der Waals surface area (Å²) in [6, 6.07) is 1.06. The van der Waals surface area contributed by atoms with Crippen LogP contribution in [0.25, 0.3) is 0 Å². The highest BCUT2D eigenvalue weighted by Gasteiger charge is 2.39. The fourth-order valence-corrected chi connectivity index (χ4v) is 3.86. The number of hydrogen-bond acceptors (Lipinski definition) is 6. The Morgan fingerprint density at radius 3 is 2.50 bits per heavy atom. The summed E-state index contributed by atoms with van der Waals surface area (Å²) in [5, 5.41) is 11.4. The minimum absolute atomic E-state index is 0.285. The number of aromatic nitrogens is 2. The Balaban J connectivity index is 0.000000396. The van der Waals surface area contributed by atoms with E-state index in [0.29, 0.717) is 25.3 Å². The smallest absolute Gasteiger partial charge is 0.475 e. The van der Waals surface area contributed by atoms with E-state index in [-0.39, 0.29) is 6.10 Å². The number of rotatable bonds is 7. The second-order valence-electron chi connectivity index (χ2n) is 7.37. The first-order chi connectivity index (χ1) is 14.2. The fraction of sp³-hybridized carbons (Fsp3) is 0.789. The van der Waals surface area contributed by atoms with Crippen molar-refractivity contribution in [3.8, 4) is 0 Å². The van der Waals surface area contributed by atoms with Gasteiger partial charge in [-0.25, -0.2) is 4.79 Å². The highest BCUT2D eigenvalue weighted by molar-refractivity contribution is 5.73. The Bertz CT molecular complexity index is 650. The second-order valence-corrected chi connectivity index (χ2v) is 7.37. The lowest BCUT2D eigenvalue weighted by molar-refractivity contribution is -0.192. The van der Waals surface area contributed by atoms with E-state index in [1.54, 1.807) is 7.11 Å². The molecule has 2 aliphatic rings. The quantitative estimate of drug-likeness (QED) is 0.652. The standard InChI is InChI=1S/C17H29N3O3.C2HF3O2/c1-19-13-14(12-18-19)11-16-17(23-10-9-21-2)3-6-20(16)15-4-7-22-8-5-15;3-2(4,5)1(6)7/h12-13,15-17H,3-11H2,1-2H3;(H,6,7)/t16-,17+;/m0./s1. The van der Waals surface area contributed by atoms with Gasteiger partial charge in [0.25, 0.3) is 0 Å². The fourth-order valence-electron chi connectivity index (χ4n) is 3.86. The molecule has 0 amide bonds. The molecule has 11 heteroatoms. The molecule has 3 heterocycles. The van der Waals surface area contributed by atoms with E-state index in [4.69, 9.17) is 24.1 Å². The zero-order valence-electron chi connectivity index (χ0n) is 17.3. The molecule has 8 nitrogen and oxygen atoms in total. The van der Waals surface area contributed by atoms with E-state index in [1.807, 2.05) is 17.9 Å². The molecule has 0 bridgehead atoms. The van der Waals surface area contributed by atoms with Crippen LogP contribution >= 0.6 is 0 Å². The van der Waals surface area contributed by atoms with Gasteiger partial charge in [-0.3, -0.25) is 9.58 Å². The van der Waals surface area contributed by atoms with Gasteiger partial charge in [0.15, 0.2) is 0 Å². The highest BCUT2D eigenvalue weighted by atomic mass is 19.4. The predicted molar refractivity (Wildman–Crippen MR) is 101 cm³/mol. The number of carboxylic acid groups (broad SMARTS) is 1. The Hall–Kier alpha value is -1.69. The average Bonchev–Trinajstić information content (AvgIpc) is 3.29. The Morgan fingerprint density at radius 1 is 1.30 bits per heavy atom. The summed E-state index contributed by atoms with van der Waals surface area (Å²) in [7, 11) is 3.69. The molecule has 2 fully saturated rings. The number of halogens is 3. The van der Waals surface area contributed by atoms with Crippen LogP contribution in [-0.4, -0.2) is 90.2 Å². The van der Waals surface area contributed by atoms with Crippen LogP contribution in [-0.2, 0) is 32.5 Å². The topological polar surface area (TPSA) is 86.1 Å². The summed E-state index contributed by atoms with van der Waals surface area (Å²) in [4.78, 5) is 11.6. The number of hydrogen-bond donors (Lipinski definition) is 1. The number of methoxy groups -OCH3 is 1. The van der Waals surface area contributed by atoms with Crippen molar-refractivity contribution in [2.75, 3.05) is 40.1 Å². The Labute approximate surface area is 173 Å². The van der Waals surface area contributed by atoms with E-state index in [9.17, 15) is 13.2 Å². The summed E-state index contributed by atoms with van der Waals surface area (Å²) >= 11 is 0. The monoisotopic (exact) mass is 437 g/mol. The Morgan fingerprint density at radius 2 is 1.97 bits per heavy atom. The summed E-state index contributed by atoms with van der Waals surface area (Å²) in [6.45, 7) is 4.22. The van der Waals surface area contributed by atoms with Crippen LogP contribution in [0.3, 0.4) is 0 Å². The maximum absolute atomic E-state index is 10.6. The van der Waals surface area contributed by atoms with Crippen molar-refractivity contribution < 1.29 is 37.3 Å². The molecule has 0 saturated carbocycles. The van der Waals surface area contributed by atoms with Gasteiger partial charge in [0, 0.05) is 52.2 Å². The lowest BCUT2D eigenvalue weighted by Gasteiger charge is -2.36. The number of nitrogens with zero attached hydrogens (tertiary/aromatic N) is 3. The van der Waals surface area contributed by atoms with Crippen molar-refractivity contribution in [3.63, 3.8) is 0 Å². The van der Waals surface area contributed by atoms with E-state index < -0.39 is 12.1 Å². The van der Waals surface area contributed by atoms with Gasteiger partial charge in [0.05, 0.1) is 25.5 Å². The van der Waals surface area contributed by atoms with Crippen LogP contribution in [0.2, 0.25) is 0 Å². The third-order valence-corrected chi connectivity index (χ3v) is 5.25. The molecule has 2 aliphatic heterocycles. The van der Waals surface area contributed by atoms with Crippen molar-refractivity contribution >= 4 is 5.97 Å². The van der Waals surface area contributed by atoms with Gasteiger partial charge in [0.2, 0.25) is 0 Å². The summed E-state index contributed by atoms with van der Waals surface area (Å²) < 4.78 is 50.4. The van der Waals surface area contributed by atoms with E-state index in [0.717, 1.165) is 45.4 Å². The molecular formula is C19H30F3N3O5. The second kappa shape index (κ2) is 11.6. The average molecular weight is 437 g/mol. The van der Waals surface area contributed by atoms with Crippen LogP contribution < -0.4 is 0 Å². The van der Waals surface area contributed by atoms with Crippen molar-refractivity contribution in [3.05, 3.63) is 18.0 Å². The lowest BCUT2D eigenvalue weighted by atomic mass is 10.0. The molecule has 2 saturated heterocycles. The first-order valence-electron chi connectivity index (χ1n) is 9.94. The third-order valence-electron chi connectivity index (χ3n) is 5.25. The van der Waals surface area contributed by atoms with Gasteiger partial charge in [-0.1, -0.05) is 0 Å². The number of alkyl halides is 3. The zero-order chi connectivity index (χ0) is 22.1. The van der Waals surface area contributed by atoms with Crippen molar-refractivity contribution in [1.29, 1.82) is 0 Å². The molecule has 30 heavy (non-hydrogen) atoms. The minimum Gasteiger partial charge on any atom is -0.475 e. The molecule has 0 unspecified atom stereocenters. The van der Waals surface area contributed by atoms with E-state index in [2.05, 4.69) is 16.2 Å². The summed E-state index contributed by atoms with van der Waals surface area (Å²) in [5.41, 5.74) is 1.29. The molecule has 1 aromatic heterocycles. The number of likely N-dealkylation sites (tertiary alicyclic amines) is 1. The number of carbonyl (C=O) groups is 1. The molecule has 0 aliphatic carbocycles. The van der Waals surface area contributed by atoms with Crippen LogP contribution in [0.1, 0.15) is 24.8 Å². The maximum Gasteiger partial charge on any atom is 0.490 e. The van der Waals surface area contributed by atoms with Crippen molar-refractivity contribution in [1.82, 2.24) is 14.7 Å². The first-order valence-corrected chi connectivity index (χ1v) is 9.94. The van der Waals surface area contributed by atoms with E-state index in [1.165, 1.54) is 5.56 Å². The highest BCUT2D eigenvalue weighted by Crippen LogP contribution is 2.29. The molecule has 1 N–H and O–H groups in total. The zero-order valence-corrected chi connectivity index (χ0v) is 17.3. The van der Waals surface area contributed by atoms with Gasteiger partial charge < -0.3 is 19.3 Å². The van der Waals surface area contributed by atoms with Crippen LogP contribution in [0.5, 0.6) is 0 Å². The van der Waals surface area contributed by atoms with Gasteiger partial charge in [0.1, 0.15) is 0 Å². The molecule has 2 atom stereocenters. The molecule has 0 radical (unpaired) electrons. The van der Waals surface area contributed by atoms with Gasteiger partial charge in [-0.15, -0.1) is 0 Å². The van der Waals surface area contributed by atoms with Gasteiger partial charge in [-0.05, 0) is 31.2 Å². The molecular weight excluding hydrogens is 407 g/mol. The van der Waals surface area contributed by atoms with Gasteiger partial charge in [-0.2, -0.15) is 18.3 Å². The SMILES string of the molecule is COCCO[C@@H]1CCN(C2CCOCC2)[C@H]1Cc1cnn(C)c1.O=C(O)C(F)(F)F.